The fourth-order valence-corrected chi connectivity index (χ4v) is 3.55. The first-order valence-corrected chi connectivity index (χ1v) is 7.44. The van der Waals surface area contributed by atoms with Crippen LogP contribution in [-0.4, -0.2) is 31.6 Å². The van der Waals surface area contributed by atoms with Gasteiger partial charge in [0.2, 0.25) is 0 Å². The van der Waals surface area contributed by atoms with Crippen molar-refractivity contribution in [2.45, 2.75) is 19.4 Å². The van der Waals surface area contributed by atoms with Gasteiger partial charge >= 0.3 is 0 Å². The van der Waals surface area contributed by atoms with Crippen molar-refractivity contribution in [3.8, 4) is 0 Å². The van der Waals surface area contributed by atoms with E-state index < -0.39 is 0 Å². The molecule has 0 amide bonds. The molecule has 1 aliphatic heterocycles. The van der Waals surface area contributed by atoms with E-state index in [2.05, 4.69) is 28.2 Å². The van der Waals surface area contributed by atoms with E-state index >= 15 is 0 Å². The van der Waals surface area contributed by atoms with Crippen LogP contribution in [0.25, 0.3) is 0 Å². The van der Waals surface area contributed by atoms with Gasteiger partial charge in [0, 0.05) is 27.2 Å². The van der Waals surface area contributed by atoms with Gasteiger partial charge in [-0.25, -0.2) is 0 Å². The molecular formula is C12H16BrNO2S. The van der Waals surface area contributed by atoms with Gasteiger partial charge in [-0.15, -0.1) is 11.3 Å². The molecule has 1 saturated heterocycles. The molecule has 1 N–H and O–H groups in total. The van der Waals surface area contributed by atoms with Crippen LogP contribution in [0.3, 0.4) is 0 Å². The Morgan fingerprint density at radius 2 is 2.47 bits per heavy atom. The second kappa shape index (κ2) is 6.09. The molecule has 2 unspecified atom stereocenters. The van der Waals surface area contributed by atoms with Gasteiger partial charge in [0.15, 0.2) is 0 Å². The van der Waals surface area contributed by atoms with Crippen LogP contribution in [0.1, 0.15) is 11.8 Å². The number of carbonyl (C=O) groups excluding carboxylic acids is 1. The third-order valence-electron chi connectivity index (χ3n) is 2.93. The van der Waals surface area contributed by atoms with Crippen molar-refractivity contribution < 1.29 is 9.53 Å². The molecule has 17 heavy (non-hydrogen) atoms. The largest absolute Gasteiger partial charge is 0.379 e. The summed E-state index contributed by atoms with van der Waals surface area (Å²) in [4.78, 5) is 13.3. The van der Waals surface area contributed by atoms with Crippen LogP contribution in [0, 0.1) is 5.92 Å². The highest BCUT2D eigenvalue weighted by Crippen LogP contribution is 2.23. The van der Waals surface area contributed by atoms with Gasteiger partial charge in [-0.1, -0.05) is 6.92 Å². The van der Waals surface area contributed by atoms with Gasteiger partial charge < -0.3 is 10.1 Å². The Balaban J connectivity index is 1.95. The molecule has 0 spiro atoms. The standard InChI is InChI=1S/C12H16BrNO2S/c1-2-14-11-6-16-5-10(11)12(15)4-9-3-8(13)7-17-9/h3,7,10-11,14H,2,4-6H2,1H3. The quantitative estimate of drug-likeness (QED) is 0.905. The first-order chi connectivity index (χ1) is 8.20. The zero-order valence-electron chi connectivity index (χ0n) is 9.74. The third-order valence-corrected chi connectivity index (χ3v) is 4.63. The molecule has 1 aliphatic rings. The topological polar surface area (TPSA) is 38.3 Å². The Kier molecular flexibility index (Phi) is 4.73. The Morgan fingerprint density at radius 3 is 3.12 bits per heavy atom. The summed E-state index contributed by atoms with van der Waals surface area (Å²) in [7, 11) is 0. The maximum absolute atomic E-state index is 12.2. The number of hydrogen-bond acceptors (Lipinski definition) is 4. The lowest BCUT2D eigenvalue weighted by Crippen LogP contribution is -2.39. The molecule has 2 rings (SSSR count). The van der Waals surface area contributed by atoms with Gasteiger partial charge in [-0.3, -0.25) is 4.79 Å². The SMILES string of the molecule is CCNC1COCC1C(=O)Cc1cc(Br)cs1. The fraction of sp³-hybridized carbons (Fsp3) is 0.583. The van der Waals surface area contributed by atoms with E-state index in [0.717, 1.165) is 15.9 Å². The van der Waals surface area contributed by atoms with Crippen LogP contribution in [0.2, 0.25) is 0 Å². The highest BCUT2D eigenvalue weighted by atomic mass is 79.9. The van der Waals surface area contributed by atoms with Crippen molar-refractivity contribution in [1.29, 1.82) is 0 Å². The molecule has 0 saturated carbocycles. The lowest BCUT2D eigenvalue weighted by atomic mass is 9.96. The van der Waals surface area contributed by atoms with Crippen molar-refractivity contribution in [2.75, 3.05) is 19.8 Å². The zero-order valence-corrected chi connectivity index (χ0v) is 12.1. The van der Waals surface area contributed by atoms with Crippen LogP contribution in [0.4, 0.5) is 0 Å². The molecule has 0 aromatic carbocycles. The molecule has 0 bridgehead atoms. The van der Waals surface area contributed by atoms with Crippen LogP contribution in [-0.2, 0) is 16.0 Å². The van der Waals surface area contributed by atoms with E-state index in [9.17, 15) is 4.79 Å². The Hall–Kier alpha value is -0.230. The lowest BCUT2D eigenvalue weighted by Gasteiger charge is -2.16. The van der Waals surface area contributed by atoms with Crippen molar-refractivity contribution in [1.82, 2.24) is 5.32 Å². The lowest BCUT2D eigenvalue weighted by molar-refractivity contribution is -0.122. The summed E-state index contributed by atoms with van der Waals surface area (Å²) in [5.74, 6) is 0.290. The highest BCUT2D eigenvalue weighted by molar-refractivity contribution is 9.10. The van der Waals surface area contributed by atoms with Crippen LogP contribution < -0.4 is 5.32 Å². The summed E-state index contributed by atoms with van der Waals surface area (Å²) < 4.78 is 6.45. The summed E-state index contributed by atoms with van der Waals surface area (Å²) in [6.07, 6.45) is 0.520. The number of ether oxygens (including phenoxy) is 1. The van der Waals surface area contributed by atoms with Crippen molar-refractivity contribution in [2.24, 2.45) is 5.92 Å². The molecular weight excluding hydrogens is 302 g/mol. The average Bonchev–Trinajstić information content (AvgIpc) is 2.88. The van der Waals surface area contributed by atoms with Crippen LogP contribution >= 0.6 is 27.3 Å². The smallest absolute Gasteiger partial charge is 0.145 e. The molecule has 94 valence electrons. The molecule has 0 radical (unpaired) electrons. The molecule has 3 nitrogen and oxygen atoms in total. The maximum atomic E-state index is 12.2. The second-order valence-corrected chi connectivity index (χ2v) is 6.09. The number of rotatable bonds is 5. The molecule has 1 aromatic heterocycles. The average molecular weight is 318 g/mol. The number of nitrogens with one attached hydrogen (secondary N) is 1. The number of carbonyl (C=O) groups is 1. The summed E-state index contributed by atoms with van der Waals surface area (Å²) in [5.41, 5.74) is 0. The number of hydrogen-bond donors (Lipinski definition) is 1. The van der Waals surface area contributed by atoms with E-state index in [4.69, 9.17) is 4.74 Å². The van der Waals surface area contributed by atoms with E-state index in [0.29, 0.717) is 19.6 Å². The molecule has 2 atom stereocenters. The third kappa shape index (κ3) is 3.37. The van der Waals surface area contributed by atoms with E-state index in [1.54, 1.807) is 11.3 Å². The van der Waals surface area contributed by atoms with E-state index in [1.165, 1.54) is 0 Å². The van der Waals surface area contributed by atoms with Gasteiger partial charge in [-0.2, -0.15) is 0 Å². The molecule has 2 heterocycles. The Labute approximate surface area is 114 Å². The summed E-state index contributed by atoms with van der Waals surface area (Å²) >= 11 is 5.03. The second-order valence-electron chi connectivity index (χ2n) is 4.18. The normalized spacial score (nSPS) is 24.1. The zero-order chi connectivity index (χ0) is 12.3. The minimum absolute atomic E-state index is 0.0100. The van der Waals surface area contributed by atoms with Crippen LogP contribution in [0.5, 0.6) is 0 Å². The first kappa shape index (κ1) is 13.2. The monoisotopic (exact) mass is 317 g/mol. The molecule has 0 aliphatic carbocycles. The van der Waals surface area contributed by atoms with Crippen LogP contribution in [0.15, 0.2) is 15.9 Å². The minimum atomic E-state index is 0.0100. The molecule has 1 fully saturated rings. The van der Waals surface area contributed by atoms with Gasteiger partial charge in [-0.05, 0) is 28.5 Å². The van der Waals surface area contributed by atoms with Gasteiger partial charge in [0.05, 0.1) is 19.1 Å². The van der Waals surface area contributed by atoms with E-state index in [1.807, 2.05) is 11.4 Å². The van der Waals surface area contributed by atoms with Gasteiger partial charge in [0.1, 0.15) is 5.78 Å². The molecule has 1 aromatic rings. The summed E-state index contributed by atoms with van der Waals surface area (Å²) in [6.45, 7) is 4.14. The fourth-order valence-electron chi connectivity index (χ4n) is 2.08. The number of Topliss-reactive ketones (excluding diaryl/α,β-unsaturated/α-hetero) is 1. The minimum Gasteiger partial charge on any atom is -0.379 e. The summed E-state index contributed by atoms with van der Waals surface area (Å²) in [5, 5.41) is 5.32. The van der Waals surface area contributed by atoms with Crippen molar-refractivity contribution in [3.63, 3.8) is 0 Å². The van der Waals surface area contributed by atoms with E-state index in [-0.39, 0.29) is 17.7 Å². The van der Waals surface area contributed by atoms with Crippen molar-refractivity contribution >= 4 is 33.0 Å². The number of thiophene rings is 1. The number of likely N-dealkylation sites (N-methyl/N-ethyl adjacent to an activating group) is 1. The summed E-state index contributed by atoms with van der Waals surface area (Å²) in [6, 6.07) is 2.21. The Bertz CT molecular complexity index is 394. The number of ketones is 1. The van der Waals surface area contributed by atoms with Gasteiger partial charge in [0.25, 0.3) is 0 Å². The predicted molar refractivity (Wildman–Crippen MR) is 72.5 cm³/mol. The highest BCUT2D eigenvalue weighted by Gasteiger charge is 2.33. The maximum Gasteiger partial charge on any atom is 0.145 e. The number of halogens is 1. The van der Waals surface area contributed by atoms with Crippen molar-refractivity contribution in [3.05, 3.63) is 20.8 Å². The molecule has 5 heteroatoms. The predicted octanol–water partition coefficient (Wildman–Crippen LogP) is 2.25. The Morgan fingerprint density at radius 1 is 1.65 bits per heavy atom. The first-order valence-electron chi connectivity index (χ1n) is 5.77.